The molecule has 1 heterocycles. The molecule has 0 unspecified atom stereocenters. The molecule has 1 aliphatic heterocycles. The monoisotopic (exact) mass is 316 g/mol. The zero-order valence-corrected chi connectivity index (χ0v) is 12.7. The minimum absolute atomic E-state index is 0.125. The first kappa shape index (κ1) is 14.1. The average Bonchev–Trinajstić information content (AvgIpc) is 3.13. The lowest BCUT2D eigenvalue weighted by molar-refractivity contribution is -0.0764. The summed E-state index contributed by atoms with van der Waals surface area (Å²) in [5, 5.41) is 10.5. The quantitative estimate of drug-likeness (QED) is 0.825. The molecule has 1 saturated heterocycles. The molecule has 0 spiro atoms. The number of hydrogen-bond acceptors (Lipinski definition) is 4. The first-order chi connectivity index (χ1) is 9.24. The number of hydrogen-bond donors (Lipinski definition) is 2. The molecule has 2 aliphatic rings. The molecule has 0 radical (unpaired) electrons. The van der Waals surface area contributed by atoms with E-state index in [0.29, 0.717) is 16.3 Å². The highest BCUT2D eigenvalue weighted by molar-refractivity contribution is 7.89. The fraction of sp³-hybridized carbons (Fsp3) is 0.538. The van der Waals surface area contributed by atoms with Crippen molar-refractivity contribution in [2.75, 3.05) is 18.8 Å². The molecule has 0 bridgehead atoms. The van der Waals surface area contributed by atoms with E-state index < -0.39 is 15.6 Å². The highest BCUT2D eigenvalue weighted by atomic mass is 35.5. The number of halogens is 1. The SMILES string of the molecule is Cc1c(N)cc(Cl)cc1S(=O)(=O)N1CC(O)(C2CC2)C1. The Balaban J connectivity index is 1.90. The Bertz CT molecular complexity index is 664. The maximum absolute atomic E-state index is 12.6. The molecule has 1 saturated carbocycles. The summed E-state index contributed by atoms with van der Waals surface area (Å²) in [5.41, 5.74) is 5.78. The van der Waals surface area contributed by atoms with Gasteiger partial charge in [0.15, 0.2) is 0 Å². The van der Waals surface area contributed by atoms with Gasteiger partial charge >= 0.3 is 0 Å². The summed E-state index contributed by atoms with van der Waals surface area (Å²) in [6.45, 7) is 1.98. The Morgan fingerprint density at radius 2 is 2.00 bits per heavy atom. The van der Waals surface area contributed by atoms with Gasteiger partial charge in [-0.1, -0.05) is 11.6 Å². The summed E-state index contributed by atoms with van der Waals surface area (Å²) >= 11 is 5.90. The van der Waals surface area contributed by atoms with Gasteiger partial charge in [-0.2, -0.15) is 4.31 Å². The Morgan fingerprint density at radius 1 is 1.40 bits per heavy atom. The number of nitrogen functional groups attached to an aromatic ring is 1. The molecule has 2 fully saturated rings. The summed E-state index contributed by atoms with van der Waals surface area (Å²) in [5.74, 6) is 0.250. The van der Waals surface area contributed by atoms with Crippen molar-refractivity contribution >= 4 is 27.3 Å². The minimum Gasteiger partial charge on any atom is -0.398 e. The van der Waals surface area contributed by atoms with Crippen LogP contribution in [0.4, 0.5) is 5.69 Å². The fourth-order valence-electron chi connectivity index (χ4n) is 2.69. The molecular weight excluding hydrogens is 300 g/mol. The predicted octanol–water partition coefficient (Wildman–Crippen LogP) is 1.38. The van der Waals surface area contributed by atoms with Gasteiger partial charge in [0.2, 0.25) is 10.0 Å². The summed E-state index contributed by atoms with van der Waals surface area (Å²) in [4.78, 5) is 0.125. The number of benzene rings is 1. The molecule has 1 aromatic carbocycles. The molecule has 20 heavy (non-hydrogen) atoms. The predicted molar refractivity (Wildman–Crippen MR) is 77.0 cm³/mol. The second-order valence-electron chi connectivity index (χ2n) is 5.77. The van der Waals surface area contributed by atoms with Gasteiger partial charge in [-0.15, -0.1) is 0 Å². The Labute approximate surface area is 123 Å². The smallest absolute Gasteiger partial charge is 0.243 e. The number of nitrogens with zero attached hydrogens (tertiary/aromatic N) is 1. The van der Waals surface area contributed by atoms with E-state index in [2.05, 4.69) is 0 Å². The van der Waals surface area contributed by atoms with Gasteiger partial charge in [-0.25, -0.2) is 8.42 Å². The highest BCUT2D eigenvalue weighted by Crippen LogP contribution is 2.46. The van der Waals surface area contributed by atoms with Crippen molar-refractivity contribution in [2.24, 2.45) is 5.92 Å². The second kappa shape index (κ2) is 4.34. The zero-order chi connectivity index (χ0) is 14.7. The van der Waals surface area contributed by atoms with Gasteiger partial charge in [-0.05, 0) is 43.4 Å². The van der Waals surface area contributed by atoms with Crippen LogP contribution < -0.4 is 5.73 Å². The summed E-state index contributed by atoms with van der Waals surface area (Å²) in [7, 11) is -3.65. The Morgan fingerprint density at radius 3 is 2.55 bits per heavy atom. The molecule has 5 nitrogen and oxygen atoms in total. The fourth-order valence-corrected chi connectivity index (χ4v) is 4.83. The lowest BCUT2D eigenvalue weighted by Crippen LogP contribution is -2.64. The number of sulfonamides is 1. The van der Waals surface area contributed by atoms with Crippen molar-refractivity contribution < 1.29 is 13.5 Å². The van der Waals surface area contributed by atoms with Crippen LogP contribution in [0, 0.1) is 12.8 Å². The first-order valence-electron chi connectivity index (χ1n) is 6.52. The molecular formula is C13H17ClN2O3S. The lowest BCUT2D eigenvalue weighted by atomic mass is 9.91. The van der Waals surface area contributed by atoms with E-state index in [9.17, 15) is 13.5 Å². The van der Waals surface area contributed by atoms with E-state index in [1.54, 1.807) is 6.92 Å². The molecule has 0 aromatic heterocycles. The third-order valence-corrected chi connectivity index (χ3v) is 6.36. The first-order valence-corrected chi connectivity index (χ1v) is 8.34. The second-order valence-corrected chi connectivity index (χ2v) is 8.11. The van der Waals surface area contributed by atoms with Crippen LogP contribution in [0.1, 0.15) is 18.4 Å². The van der Waals surface area contributed by atoms with Crippen LogP contribution in [0.15, 0.2) is 17.0 Å². The van der Waals surface area contributed by atoms with Gasteiger partial charge in [0.1, 0.15) is 0 Å². The van der Waals surface area contributed by atoms with Crippen LogP contribution in [-0.2, 0) is 10.0 Å². The zero-order valence-electron chi connectivity index (χ0n) is 11.1. The molecule has 3 N–H and O–H groups in total. The van der Waals surface area contributed by atoms with E-state index >= 15 is 0 Å². The normalized spacial score (nSPS) is 22.6. The number of β-amino-alcohol motifs (C(OH)–C–C–N with tert-alkyl or cyclic N) is 1. The average molecular weight is 317 g/mol. The number of nitrogens with two attached hydrogens (primary N) is 1. The van der Waals surface area contributed by atoms with Crippen LogP contribution in [0.5, 0.6) is 0 Å². The lowest BCUT2D eigenvalue weighted by Gasteiger charge is -2.45. The van der Waals surface area contributed by atoms with Gasteiger partial charge in [-0.3, -0.25) is 0 Å². The van der Waals surface area contributed by atoms with Crippen LogP contribution in [0.3, 0.4) is 0 Å². The van der Waals surface area contributed by atoms with Gasteiger partial charge < -0.3 is 10.8 Å². The summed E-state index contributed by atoms with van der Waals surface area (Å²) < 4.78 is 26.4. The molecule has 0 amide bonds. The van der Waals surface area contributed by atoms with E-state index in [4.69, 9.17) is 17.3 Å². The number of aliphatic hydroxyl groups is 1. The molecule has 7 heteroatoms. The number of anilines is 1. The van der Waals surface area contributed by atoms with Crippen LogP contribution in [-0.4, -0.2) is 36.5 Å². The Hall–Kier alpha value is -0.820. The van der Waals surface area contributed by atoms with Crippen molar-refractivity contribution in [1.82, 2.24) is 4.31 Å². The van der Waals surface area contributed by atoms with Crippen LogP contribution in [0.2, 0.25) is 5.02 Å². The van der Waals surface area contributed by atoms with Crippen LogP contribution >= 0.6 is 11.6 Å². The Kier molecular flexibility index (Phi) is 3.06. The molecule has 0 atom stereocenters. The highest BCUT2D eigenvalue weighted by Gasteiger charge is 2.55. The van der Waals surface area contributed by atoms with Gasteiger partial charge in [0, 0.05) is 23.8 Å². The van der Waals surface area contributed by atoms with E-state index in [1.807, 2.05) is 0 Å². The molecule has 1 aliphatic carbocycles. The molecule has 110 valence electrons. The number of rotatable bonds is 3. The van der Waals surface area contributed by atoms with Gasteiger partial charge in [0.05, 0.1) is 10.5 Å². The molecule has 3 rings (SSSR count). The topological polar surface area (TPSA) is 83.6 Å². The minimum atomic E-state index is -3.65. The van der Waals surface area contributed by atoms with E-state index in [-0.39, 0.29) is 23.9 Å². The van der Waals surface area contributed by atoms with E-state index in [0.717, 1.165) is 12.8 Å². The largest absolute Gasteiger partial charge is 0.398 e. The summed E-state index contributed by atoms with van der Waals surface area (Å²) in [6.07, 6.45) is 1.96. The summed E-state index contributed by atoms with van der Waals surface area (Å²) in [6, 6.07) is 2.95. The van der Waals surface area contributed by atoms with Crippen molar-refractivity contribution in [1.29, 1.82) is 0 Å². The van der Waals surface area contributed by atoms with Crippen molar-refractivity contribution in [3.63, 3.8) is 0 Å². The van der Waals surface area contributed by atoms with Gasteiger partial charge in [0.25, 0.3) is 0 Å². The third kappa shape index (κ3) is 2.11. The van der Waals surface area contributed by atoms with Crippen molar-refractivity contribution in [2.45, 2.75) is 30.3 Å². The standard InChI is InChI=1S/C13H17ClN2O3S/c1-8-11(15)4-10(14)5-12(8)20(18,19)16-6-13(17,7-16)9-2-3-9/h4-5,9,17H,2-3,6-7,15H2,1H3. The van der Waals surface area contributed by atoms with Crippen LogP contribution in [0.25, 0.3) is 0 Å². The van der Waals surface area contributed by atoms with E-state index in [1.165, 1.54) is 16.4 Å². The molecule has 1 aromatic rings. The maximum Gasteiger partial charge on any atom is 0.243 e. The van der Waals surface area contributed by atoms with Crippen molar-refractivity contribution in [3.8, 4) is 0 Å². The van der Waals surface area contributed by atoms with Crippen molar-refractivity contribution in [3.05, 3.63) is 22.7 Å². The maximum atomic E-state index is 12.6. The third-order valence-electron chi connectivity index (χ3n) is 4.22.